The van der Waals surface area contributed by atoms with E-state index in [1.54, 1.807) is 0 Å². The molecule has 0 aromatic carbocycles. The zero-order valence-electron chi connectivity index (χ0n) is 6.68. The summed E-state index contributed by atoms with van der Waals surface area (Å²) in [7, 11) is 0. The summed E-state index contributed by atoms with van der Waals surface area (Å²) in [6, 6.07) is 0. The van der Waals surface area contributed by atoms with Crippen molar-refractivity contribution in [3.8, 4) is 0 Å². The van der Waals surface area contributed by atoms with Crippen LogP contribution in [0.2, 0.25) is 0 Å². The molecule has 68 valence electrons. The minimum atomic E-state index is -0.0297. The van der Waals surface area contributed by atoms with Crippen LogP contribution >= 0.6 is 0 Å². The fourth-order valence-corrected chi connectivity index (χ4v) is 0.903. The highest BCUT2D eigenvalue weighted by molar-refractivity contribution is 4.64. The van der Waals surface area contributed by atoms with Crippen LogP contribution in [-0.2, 0) is 0 Å². The summed E-state index contributed by atoms with van der Waals surface area (Å²) in [5.41, 5.74) is 0. The van der Waals surface area contributed by atoms with Crippen LogP contribution in [0.3, 0.4) is 0 Å². The molecule has 0 aliphatic heterocycles. The summed E-state index contributed by atoms with van der Waals surface area (Å²) in [6.45, 7) is 0.461. The maximum atomic E-state index is 9.87. The first-order valence-corrected chi connectivity index (χ1v) is 3.72. The largest absolute Gasteiger partial charge is 0.151 e. The molecule has 0 radical (unpaired) electrons. The van der Waals surface area contributed by atoms with Crippen molar-refractivity contribution in [1.82, 2.24) is 0 Å². The summed E-state index contributed by atoms with van der Waals surface area (Å²) in [5.74, 6) is -0.0297. The molecule has 0 fully saturated rings. The predicted octanol–water partition coefficient (Wildman–Crippen LogP) is 1.68. The second-order valence-corrected chi connectivity index (χ2v) is 2.46. The summed E-state index contributed by atoms with van der Waals surface area (Å²) < 4.78 is 0. The normalized spacial score (nSPS) is 9.75. The van der Waals surface area contributed by atoms with Crippen molar-refractivity contribution >= 4 is 0 Å². The lowest BCUT2D eigenvalue weighted by atomic mass is 10.0. The molecule has 0 saturated heterocycles. The van der Waals surface area contributed by atoms with Crippen LogP contribution in [0.15, 0.2) is 15.5 Å². The van der Waals surface area contributed by atoms with E-state index in [9.17, 15) is 14.7 Å². The van der Waals surface area contributed by atoms with Gasteiger partial charge in [0.15, 0.2) is 0 Å². The molecule has 0 bridgehead atoms. The Balaban J connectivity index is 3.59. The van der Waals surface area contributed by atoms with Crippen LogP contribution in [0.4, 0.5) is 0 Å². The van der Waals surface area contributed by atoms with E-state index in [1.807, 2.05) is 0 Å². The minimum absolute atomic E-state index is 0.0297. The number of nitrogens with zero attached hydrogens (tertiary/aromatic N) is 3. The van der Waals surface area contributed by atoms with Gasteiger partial charge >= 0.3 is 0 Å². The standard InChI is InChI=1S/C6H11N3O3/c10-7-3-1-6(5-9-12)2-4-8-11/h6H,1-5H2. The van der Waals surface area contributed by atoms with E-state index >= 15 is 0 Å². The van der Waals surface area contributed by atoms with E-state index in [0.29, 0.717) is 12.8 Å². The summed E-state index contributed by atoms with van der Waals surface area (Å²) in [6.07, 6.45) is 1.01. The van der Waals surface area contributed by atoms with E-state index in [1.165, 1.54) is 0 Å². The lowest BCUT2D eigenvalue weighted by Gasteiger charge is -2.07. The van der Waals surface area contributed by atoms with Gasteiger partial charge in [-0.05, 0) is 18.8 Å². The molecule has 0 N–H and O–H groups in total. The number of hydrogen-bond acceptors (Lipinski definition) is 6. The molecule has 0 aliphatic rings. The molecule has 6 nitrogen and oxygen atoms in total. The molecule has 0 spiro atoms. The monoisotopic (exact) mass is 173 g/mol. The zero-order chi connectivity index (χ0) is 9.23. The molecule has 0 aliphatic carbocycles. The Bertz CT molecular complexity index is 139. The summed E-state index contributed by atoms with van der Waals surface area (Å²) in [4.78, 5) is 29.4. The number of rotatable bonds is 8. The van der Waals surface area contributed by atoms with Crippen LogP contribution in [-0.4, -0.2) is 19.6 Å². The molecule has 0 rings (SSSR count). The van der Waals surface area contributed by atoms with E-state index < -0.39 is 0 Å². The van der Waals surface area contributed by atoms with E-state index in [-0.39, 0.29) is 25.6 Å². The molecule has 0 heterocycles. The third-order valence-electron chi connectivity index (χ3n) is 1.59. The molecule has 0 aromatic rings. The van der Waals surface area contributed by atoms with Crippen molar-refractivity contribution in [2.75, 3.05) is 19.6 Å². The molecular formula is C6H11N3O3. The van der Waals surface area contributed by atoms with Crippen LogP contribution in [0, 0.1) is 20.6 Å². The number of nitroso groups, excluding NO2 is 3. The Kier molecular flexibility index (Phi) is 7.11. The smallest absolute Gasteiger partial charge is 0.0840 e. The fraction of sp³-hybridized carbons (Fsp3) is 1.00. The molecular weight excluding hydrogens is 162 g/mol. The van der Waals surface area contributed by atoms with Crippen molar-refractivity contribution < 1.29 is 0 Å². The topological polar surface area (TPSA) is 88.3 Å². The Morgan fingerprint density at radius 3 is 1.67 bits per heavy atom. The lowest BCUT2D eigenvalue weighted by Crippen LogP contribution is -2.07. The van der Waals surface area contributed by atoms with E-state index in [2.05, 4.69) is 15.5 Å². The van der Waals surface area contributed by atoms with Gasteiger partial charge in [-0.1, -0.05) is 15.5 Å². The maximum absolute atomic E-state index is 9.87. The highest BCUT2D eigenvalue weighted by Crippen LogP contribution is 2.09. The van der Waals surface area contributed by atoms with Gasteiger partial charge < -0.3 is 0 Å². The van der Waals surface area contributed by atoms with Crippen LogP contribution in [0.1, 0.15) is 12.8 Å². The van der Waals surface area contributed by atoms with Gasteiger partial charge in [0, 0.05) is 0 Å². The van der Waals surface area contributed by atoms with Crippen LogP contribution in [0.5, 0.6) is 0 Å². The zero-order valence-corrected chi connectivity index (χ0v) is 6.68. The van der Waals surface area contributed by atoms with Crippen LogP contribution in [0.25, 0.3) is 0 Å². The fourth-order valence-electron chi connectivity index (χ4n) is 0.903. The van der Waals surface area contributed by atoms with Gasteiger partial charge in [0.1, 0.15) is 0 Å². The molecule has 6 heteroatoms. The third kappa shape index (κ3) is 5.57. The van der Waals surface area contributed by atoms with Crippen molar-refractivity contribution in [1.29, 1.82) is 0 Å². The first-order chi connectivity index (χ1) is 5.85. The Hall–Kier alpha value is -1.20. The Labute approximate surface area is 69.6 Å². The first kappa shape index (κ1) is 10.8. The van der Waals surface area contributed by atoms with Crippen molar-refractivity contribution in [2.45, 2.75) is 12.8 Å². The van der Waals surface area contributed by atoms with E-state index in [4.69, 9.17) is 0 Å². The highest BCUT2D eigenvalue weighted by atomic mass is 16.3. The molecule has 0 amide bonds. The second kappa shape index (κ2) is 7.90. The highest BCUT2D eigenvalue weighted by Gasteiger charge is 2.08. The van der Waals surface area contributed by atoms with Gasteiger partial charge in [0.2, 0.25) is 0 Å². The quantitative estimate of drug-likeness (QED) is 0.523. The second-order valence-electron chi connectivity index (χ2n) is 2.46. The van der Waals surface area contributed by atoms with Gasteiger partial charge in [-0.15, -0.1) is 0 Å². The third-order valence-corrected chi connectivity index (χ3v) is 1.59. The van der Waals surface area contributed by atoms with Gasteiger partial charge in [-0.3, -0.25) is 0 Å². The average molecular weight is 173 g/mol. The number of hydrogen-bond donors (Lipinski definition) is 0. The van der Waals surface area contributed by atoms with Gasteiger partial charge in [-0.25, -0.2) is 0 Å². The lowest BCUT2D eigenvalue weighted by molar-refractivity contribution is 0.473. The predicted molar refractivity (Wildman–Crippen MR) is 44.7 cm³/mol. The molecule has 0 aromatic heterocycles. The van der Waals surface area contributed by atoms with Crippen molar-refractivity contribution in [3.63, 3.8) is 0 Å². The van der Waals surface area contributed by atoms with Crippen LogP contribution < -0.4 is 0 Å². The minimum Gasteiger partial charge on any atom is -0.151 e. The van der Waals surface area contributed by atoms with Crippen molar-refractivity contribution in [2.24, 2.45) is 21.4 Å². The van der Waals surface area contributed by atoms with Gasteiger partial charge in [0.05, 0.1) is 19.6 Å². The Morgan fingerprint density at radius 2 is 1.33 bits per heavy atom. The van der Waals surface area contributed by atoms with E-state index in [0.717, 1.165) is 0 Å². The molecule has 12 heavy (non-hydrogen) atoms. The average Bonchev–Trinajstić information content (AvgIpc) is 2.10. The first-order valence-electron chi connectivity index (χ1n) is 3.72. The van der Waals surface area contributed by atoms with Crippen molar-refractivity contribution in [3.05, 3.63) is 14.7 Å². The Morgan fingerprint density at radius 1 is 0.833 bits per heavy atom. The molecule has 0 atom stereocenters. The van der Waals surface area contributed by atoms with Gasteiger partial charge in [0.25, 0.3) is 0 Å². The SMILES string of the molecule is O=NCCC(CCN=O)CN=O. The summed E-state index contributed by atoms with van der Waals surface area (Å²) in [5, 5.41) is 8.03. The molecule has 0 saturated carbocycles. The maximum Gasteiger partial charge on any atom is 0.0840 e. The molecule has 0 unspecified atom stereocenters. The summed E-state index contributed by atoms with van der Waals surface area (Å²) >= 11 is 0. The van der Waals surface area contributed by atoms with Gasteiger partial charge in [-0.2, -0.15) is 14.7 Å².